The maximum Gasteiger partial charge on any atom is 0.241 e. The average Bonchev–Trinajstić information content (AvgIpc) is 2.92. The molecule has 120 valence electrons. The summed E-state index contributed by atoms with van der Waals surface area (Å²) in [5.74, 6) is 1.11. The number of likely N-dealkylation sites (tertiary alicyclic amines) is 1. The van der Waals surface area contributed by atoms with Crippen LogP contribution in [-0.2, 0) is 9.59 Å². The van der Waals surface area contributed by atoms with Crippen molar-refractivity contribution in [2.45, 2.75) is 64.7 Å². The molecule has 0 aromatic heterocycles. The fourth-order valence-corrected chi connectivity index (χ4v) is 3.72. The van der Waals surface area contributed by atoms with Crippen molar-refractivity contribution in [2.24, 2.45) is 11.8 Å². The van der Waals surface area contributed by atoms with Crippen LogP contribution in [0.2, 0.25) is 0 Å². The Kier molecular flexibility index (Phi) is 6.52. The summed E-state index contributed by atoms with van der Waals surface area (Å²) < 4.78 is 0. The Hall–Kier alpha value is -1.06. The van der Waals surface area contributed by atoms with E-state index in [1.54, 1.807) is 0 Å². The fraction of sp³-hybridized carbons (Fsp3) is 0.882. The molecule has 1 saturated carbocycles. The van der Waals surface area contributed by atoms with Gasteiger partial charge in [0.1, 0.15) is 0 Å². The molecule has 0 aromatic rings. The Bertz CT molecular complexity index is 351. The number of hydrogen-bond acceptors (Lipinski definition) is 2. The minimum absolute atomic E-state index is 0.0829. The molecule has 2 fully saturated rings. The molecule has 0 bridgehead atoms. The third-order valence-corrected chi connectivity index (χ3v) is 5.04. The van der Waals surface area contributed by atoms with Crippen molar-refractivity contribution in [1.29, 1.82) is 0 Å². The van der Waals surface area contributed by atoms with Gasteiger partial charge in [0.25, 0.3) is 0 Å². The van der Waals surface area contributed by atoms with Gasteiger partial charge >= 0.3 is 0 Å². The smallest absolute Gasteiger partial charge is 0.241 e. The molecular formula is C17H30N2O2. The molecule has 0 spiro atoms. The molecule has 2 aliphatic rings. The summed E-state index contributed by atoms with van der Waals surface area (Å²) in [6, 6.07) is 0. The van der Waals surface area contributed by atoms with Crippen LogP contribution in [0.5, 0.6) is 0 Å². The number of rotatable bonds is 5. The zero-order valence-corrected chi connectivity index (χ0v) is 13.4. The Morgan fingerprint density at radius 3 is 2.52 bits per heavy atom. The third kappa shape index (κ3) is 5.01. The van der Waals surface area contributed by atoms with Crippen molar-refractivity contribution in [3.63, 3.8) is 0 Å². The van der Waals surface area contributed by atoms with Crippen LogP contribution >= 0.6 is 0 Å². The van der Waals surface area contributed by atoms with Gasteiger partial charge in [0.15, 0.2) is 0 Å². The summed E-state index contributed by atoms with van der Waals surface area (Å²) in [7, 11) is 0. The first-order valence-electron chi connectivity index (χ1n) is 8.76. The first-order valence-corrected chi connectivity index (χ1v) is 8.76. The van der Waals surface area contributed by atoms with E-state index in [1.807, 2.05) is 4.90 Å². The minimum Gasteiger partial charge on any atom is -0.347 e. The molecule has 1 saturated heterocycles. The Balaban J connectivity index is 1.71. The van der Waals surface area contributed by atoms with E-state index in [-0.39, 0.29) is 24.3 Å². The summed E-state index contributed by atoms with van der Waals surface area (Å²) in [6.45, 7) is 4.14. The summed E-state index contributed by atoms with van der Waals surface area (Å²) in [5, 5.41) is 2.85. The molecule has 2 rings (SSSR count). The molecule has 4 heteroatoms. The van der Waals surface area contributed by atoms with E-state index >= 15 is 0 Å². The van der Waals surface area contributed by atoms with Gasteiger partial charge in [-0.1, -0.05) is 32.6 Å². The van der Waals surface area contributed by atoms with E-state index in [2.05, 4.69) is 12.2 Å². The summed E-state index contributed by atoms with van der Waals surface area (Å²) in [5.41, 5.74) is 0. The van der Waals surface area contributed by atoms with Gasteiger partial charge in [-0.05, 0) is 38.0 Å². The maximum absolute atomic E-state index is 12.2. The Labute approximate surface area is 128 Å². The molecule has 0 radical (unpaired) electrons. The second kappa shape index (κ2) is 8.40. The molecule has 0 aromatic carbocycles. The summed E-state index contributed by atoms with van der Waals surface area (Å²) in [6.07, 6.45) is 10.3. The molecule has 1 aliphatic heterocycles. The zero-order valence-electron chi connectivity index (χ0n) is 13.4. The number of carbonyl (C=O) groups is 2. The van der Waals surface area contributed by atoms with Crippen molar-refractivity contribution in [3.8, 4) is 0 Å². The van der Waals surface area contributed by atoms with Crippen molar-refractivity contribution in [1.82, 2.24) is 10.2 Å². The van der Waals surface area contributed by atoms with Gasteiger partial charge in [-0.15, -0.1) is 0 Å². The van der Waals surface area contributed by atoms with Crippen LogP contribution in [0.3, 0.4) is 0 Å². The van der Waals surface area contributed by atoms with E-state index in [0.717, 1.165) is 57.5 Å². The van der Waals surface area contributed by atoms with E-state index in [9.17, 15) is 9.59 Å². The van der Waals surface area contributed by atoms with Gasteiger partial charge in [-0.2, -0.15) is 0 Å². The first kappa shape index (κ1) is 16.3. The highest BCUT2D eigenvalue weighted by atomic mass is 16.2. The topological polar surface area (TPSA) is 49.4 Å². The highest BCUT2D eigenvalue weighted by molar-refractivity contribution is 5.85. The molecule has 1 aliphatic carbocycles. The highest BCUT2D eigenvalue weighted by Gasteiger charge is 2.24. The lowest BCUT2D eigenvalue weighted by Gasteiger charge is -2.21. The molecule has 0 unspecified atom stereocenters. The van der Waals surface area contributed by atoms with Gasteiger partial charge in [-0.25, -0.2) is 0 Å². The van der Waals surface area contributed by atoms with Gasteiger partial charge in [0.05, 0.1) is 6.54 Å². The summed E-state index contributed by atoms with van der Waals surface area (Å²) in [4.78, 5) is 26.2. The lowest BCUT2D eigenvalue weighted by molar-refractivity contribution is -0.133. The second-order valence-electron chi connectivity index (χ2n) is 6.67. The van der Waals surface area contributed by atoms with Crippen molar-refractivity contribution in [3.05, 3.63) is 0 Å². The quantitative estimate of drug-likeness (QED) is 0.847. The normalized spacial score (nSPS) is 23.9. The molecule has 21 heavy (non-hydrogen) atoms. The fourth-order valence-electron chi connectivity index (χ4n) is 3.72. The second-order valence-corrected chi connectivity index (χ2v) is 6.67. The van der Waals surface area contributed by atoms with Crippen LogP contribution in [0.4, 0.5) is 0 Å². The number of amides is 2. The molecule has 1 heterocycles. The molecular weight excluding hydrogens is 264 g/mol. The van der Waals surface area contributed by atoms with Crippen LogP contribution < -0.4 is 5.32 Å². The van der Waals surface area contributed by atoms with Crippen LogP contribution in [-0.4, -0.2) is 36.3 Å². The minimum atomic E-state index is 0.0829. The molecule has 2 amide bonds. The number of hydrogen-bond donors (Lipinski definition) is 1. The highest BCUT2D eigenvalue weighted by Crippen LogP contribution is 2.24. The van der Waals surface area contributed by atoms with E-state index in [4.69, 9.17) is 0 Å². The molecule has 4 nitrogen and oxygen atoms in total. The van der Waals surface area contributed by atoms with Crippen LogP contribution in [0, 0.1) is 11.8 Å². The first-order chi connectivity index (χ1) is 10.2. The van der Waals surface area contributed by atoms with Gasteiger partial charge < -0.3 is 10.2 Å². The largest absolute Gasteiger partial charge is 0.347 e. The van der Waals surface area contributed by atoms with E-state index in [0.29, 0.717) is 0 Å². The lowest BCUT2D eigenvalue weighted by atomic mass is 9.96. The van der Waals surface area contributed by atoms with Crippen LogP contribution in [0.15, 0.2) is 0 Å². The van der Waals surface area contributed by atoms with Gasteiger partial charge in [-0.3, -0.25) is 9.59 Å². The Morgan fingerprint density at radius 1 is 1.05 bits per heavy atom. The SMILES string of the molecule is CCC[C@H]1CCCN(C(=O)CNC(=O)C2CCCC2)CC1. The van der Waals surface area contributed by atoms with Crippen molar-refractivity contribution in [2.75, 3.05) is 19.6 Å². The number of carbonyl (C=O) groups excluding carboxylic acids is 2. The standard InChI is InChI=1S/C17H30N2O2/c1-2-6-14-7-5-11-19(12-10-14)16(20)13-18-17(21)15-8-3-4-9-15/h14-15H,2-13H2,1H3,(H,18,21)/t14-/m0/s1. The van der Waals surface area contributed by atoms with E-state index < -0.39 is 0 Å². The zero-order chi connectivity index (χ0) is 15.1. The van der Waals surface area contributed by atoms with Crippen LogP contribution in [0.1, 0.15) is 64.7 Å². The van der Waals surface area contributed by atoms with Gasteiger partial charge in [0, 0.05) is 19.0 Å². The maximum atomic E-state index is 12.2. The predicted octanol–water partition coefficient (Wildman–Crippen LogP) is 2.72. The molecule has 1 atom stereocenters. The average molecular weight is 294 g/mol. The number of nitrogens with one attached hydrogen (secondary N) is 1. The Morgan fingerprint density at radius 2 is 1.81 bits per heavy atom. The monoisotopic (exact) mass is 294 g/mol. The number of nitrogens with zero attached hydrogens (tertiary/aromatic N) is 1. The lowest BCUT2D eigenvalue weighted by Crippen LogP contribution is -2.42. The summed E-state index contributed by atoms with van der Waals surface area (Å²) >= 11 is 0. The van der Waals surface area contributed by atoms with E-state index in [1.165, 1.54) is 19.3 Å². The van der Waals surface area contributed by atoms with Crippen LogP contribution in [0.25, 0.3) is 0 Å². The predicted molar refractivity (Wildman–Crippen MR) is 83.8 cm³/mol. The third-order valence-electron chi connectivity index (χ3n) is 5.04. The van der Waals surface area contributed by atoms with Crippen molar-refractivity contribution >= 4 is 11.8 Å². The molecule has 1 N–H and O–H groups in total. The van der Waals surface area contributed by atoms with Crippen molar-refractivity contribution < 1.29 is 9.59 Å². The van der Waals surface area contributed by atoms with Gasteiger partial charge in [0.2, 0.25) is 11.8 Å².